The van der Waals surface area contributed by atoms with Gasteiger partial charge >= 0.3 is 0 Å². The summed E-state index contributed by atoms with van der Waals surface area (Å²) in [6.07, 6.45) is 3.51. The Balaban J connectivity index is 1.60. The lowest BCUT2D eigenvalue weighted by Gasteiger charge is -2.32. The number of amides is 1. The van der Waals surface area contributed by atoms with Crippen molar-refractivity contribution in [2.45, 2.75) is 18.9 Å². The first-order chi connectivity index (χ1) is 14.2. The maximum absolute atomic E-state index is 12.5. The highest BCUT2D eigenvalue weighted by Gasteiger charge is 2.34. The van der Waals surface area contributed by atoms with Gasteiger partial charge in [0, 0.05) is 43.5 Å². The Labute approximate surface area is 173 Å². The highest BCUT2D eigenvalue weighted by molar-refractivity contribution is 7.13. The number of pyridine rings is 1. The number of carbonyl (C=O) groups is 1. The minimum absolute atomic E-state index is 0.0000927. The van der Waals surface area contributed by atoms with Gasteiger partial charge in [-0.05, 0) is 31.0 Å². The van der Waals surface area contributed by atoms with Gasteiger partial charge in [-0.15, -0.1) is 11.3 Å². The number of nitrogens with one attached hydrogen (secondary N) is 1. The Morgan fingerprint density at radius 3 is 2.83 bits per heavy atom. The standard InChI is InChI=1S/C21H23N3O4S/c1-26-5-6-28-19-10-18(20-11-22-12-29-20)24-17-4-3-14(9-16(17)19)23-21(25)13-7-15(8-13)27-2/h3-4,9-13,15H,5-8H2,1-2H3,(H,23,25)/t13-,15+. The molecule has 8 heteroatoms. The van der Waals surface area contributed by atoms with Crippen LogP contribution in [0.15, 0.2) is 36.0 Å². The number of methoxy groups -OCH3 is 2. The molecule has 0 unspecified atom stereocenters. The van der Waals surface area contributed by atoms with Gasteiger partial charge in [-0.1, -0.05) is 0 Å². The molecule has 2 heterocycles. The van der Waals surface area contributed by atoms with Crippen LogP contribution in [-0.4, -0.2) is 49.4 Å². The van der Waals surface area contributed by atoms with Crippen LogP contribution < -0.4 is 10.1 Å². The molecule has 29 heavy (non-hydrogen) atoms. The first-order valence-corrected chi connectivity index (χ1v) is 10.3. The third kappa shape index (κ3) is 4.39. The molecule has 1 aromatic carbocycles. The third-order valence-electron chi connectivity index (χ3n) is 5.07. The number of thiazole rings is 1. The van der Waals surface area contributed by atoms with Gasteiger partial charge in [0.05, 0.1) is 34.3 Å². The van der Waals surface area contributed by atoms with E-state index in [1.54, 1.807) is 25.9 Å². The minimum Gasteiger partial charge on any atom is -0.490 e. The molecule has 3 aromatic rings. The Kier molecular flexibility index (Phi) is 6.03. The predicted molar refractivity (Wildman–Crippen MR) is 112 cm³/mol. The molecule has 0 atom stereocenters. The summed E-state index contributed by atoms with van der Waals surface area (Å²) >= 11 is 1.53. The highest BCUT2D eigenvalue weighted by Crippen LogP contribution is 2.34. The topological polar surface area (TPSA) is 82.6 Å². The molecule has 0 saturated heterocycles. The number of ether oxygens (including phenoxy) is 3. The van der Waals surface area contributed by atoms with E-state index in [0.717, 1.165) is 40.0 Å². The summed E-state index contributed by atoms with van der Waals surface area (Å²) in [6.45, 7) is 0.910. The van der Waals surface area contributed by atoms with Crippen LogP contribution in [0.4, 0.5) is 5.69 Å². The number of rotatable bonds is 8. The first kappa shape index (κ1) is 19.8. The van der Waals surface area contributed by atoms with Crippen LogP contribution >= 0.6 is 11.3 Å². The van der Waals surface area contributed by atoms with Gasteiger partial charge in [0.1, 0.15) is 12.4 Å². The molecule has 2 aromatic heterocycles. The lowest BCUT2D eigenvalue weighted by atomic mass is 9.81. The third-order valence-corrected chi connectivity index (χ3v) is 5.86. The maximum atomic E-state index is 12.5. The van der Waals surface area contributed by atoms with Gasteiger partial charge in [-0.2, -0.15) is 0 Å². The van der Waals surface area contributed by atoms with Gasteiger partial charge in [-0.3, -0.25) is 9.78 Å². The summed E-state index contributed by atoms with van der Waals surface area (Å²) < 4.78 is 16.3. The Bertz CT molecular complexity index is 987. The van der Waals surface area contributed by atoms with Crippen LogP contribution in [0.2, 0.25) is 0 Å². The second-order valence-corrected chi connectivity index (χ2v) is 7.85. The number of nitrogens with zero attached hydrogens (tertiary/aromatic N) is 2. The van der Waals surface area contributed by atoms with Crippen LogP contribution in [0.25, 0.3) is 21.5 Å². The number of hydrogen-bond donors (Lipinski definition) is 1. The quantitative estimate of drug-likeness (QED) is 0.567. The van der Waals surface area contributed by atoms with Crippen molar-refractivity contribution in [1.29, 1.82) is 0 Å². The van der Waals surface area contributed by atoms with Gasteiger partial charge in [0.2, 0.25) is 5.91 Å². The number of anilines is 1. The van der Waals surface area contributed by atoms with E-state index in [0.29, 0.717) is 19.0 Å². The van der Waals surface area contributed by atoms with E-state index in [1.165, 1.54) is 11.3 Å². The Morgan fingerprint density at radius 2 is 2.10 bits per heavy atom. The van der Waals surface area contributed by atoms with Gasteiger partial charge in [0.15, 0.2) is 0 Å². The van der Waals surface area contributed by atoms with Crippen LogP contribution in [0, 0.1) is 5.92 Å². The average molecular weight is 413 g/mol. The van der Waals surface area contributed by atoms with E-state index in [2.05, 4.69) is 10.3 Å². The number of benzene rings is 1. The molecule has 1 N–H and O–H groups in total. The SMILES string of the molecule is COCCOc1cc(-c2cncs2)nc2ccc(NC(=O)[C@H]3C[C@@H](OC)C3)cc12. The number of fused-ring (bicyclic) bond motifs is 1. The fraction of sp³-hybridized carbons (Fsp3) is 0.381. The molecule has 0 aliphatic heterocycles. The van der Waals surface area contributed by atoms with Gasteiger partial charge < -0.3 is 19.5 Å². The largest absolute Gasteiger partial charge is 0.490 e. The zero-order valence-corrected chi connectivity index (χ0v) is 17.2. The second-order valence-electron chi connectivity index (χ2n) is 6.96. The van der Waals surface area contributed by atoms with Crippen LogP contribution in [0.3, 0.4) is 0 Å². The van der Waals surface area contributed by atoms with E-state index in [4.69, 9.17) is 19.2 Å². The summed E-state index contributed by atoms with van der Waals surface area (Å²) in [7, 11) is 3.32. The first-order valence-electron chi connectivity index (χ1n) is 9.47. The van der Waals surface area contributed by atoms with Crippen molar-refractivity contribution in [3.63, 3.8) is 0 Å². The number of carbonyl (C=O) groups excluding carboxylic acids is 1. The maximum Gasteiger partial charge on any atom is 0.227 e. The zero-order valence-electron chi connectivity index (χ0n) is 16.4. The highest BCUT2D eigenvalue weighted by atomic mass is 32.1. The molecular weight excluding hydrogens is 390 g/mol. The molecule has 7 nitrogen and oxygen atoms in total. The van der Waals surface area contributed by atoms with Crippen molar-refractivity contribution in [2.75, 3.05) is 32.8 Å². The van der Waals surface area contributed by atoms with Gasteiger partial charge in [0.25, 0.3) is 0 Å². The van der Waals surface area contributed by atoms with E-state index >= 15 is 0 Å². The fourth-order valence-electron chi connectivity index (χ4n) is 3.31. The lowest BCUT2D eigenvalue weighted by Crippen LogP contribution is -2.38. The van der Waals surface area contributed by atoms with Crippen LogP contribution in [0.1, 0.15) is 12.8 Å². The van der Waals surface area contributed by atoms with Crippen molar-refractivity contribution in [3.8, 4) is 16.3 Å². The molecule has 1 fully saturated rings. The smallest absolute Gasteiger partial charge is 0.227 e. The average Bonchev–Trinajstić information content (AvgIpc) is 3.22. The van der Waals surface area contributed by atoms with Crippen molar-refractivity contribution < 1.29 is 19.0 Å². The molecule has 152 valence electrons. The van der Waals surface area contributed by atoms with E-state index in [9.17, 15) is 4.79 Å². The Hall–Kier alpha value is -2.55. The molecule has 4 rings (SSSR count). The predicted octanol–water partition coefficient (Wildman–Crippen LogP) is 3.75. The van der Waals surface area contributed by atoms with Crippen LogP contribution in [-0.2, 0) is 14.3 Å². The summed E-state index contributed by atoms with van der Waals surface area (Å²) in [5, 5.41) is 3.85. The van der Waals surface area contributed by atoms with Crippen LogP contribution in [0.5, 0.6) is 5.75 Å². The van der Waals surface area contributed by atoms with Crippen molar-refractivity contribution in [3.05, 3.63) is 36.0 Å². The molecule has 0 bridgehead atoms. The lowest BCUT2D eigenvalue weighted by molar-refractivity contribution is -0.127. The van der Waals surface area contributed by atoms with Crippen molar-refractivity contribution >= 4 is 33.8 Å². The van der Waals surface area contributed by atoms with E-state index in [1.807, 2.05) is 24.3 Å². The number of aromatic nitrogens is 2. The molecule has 0 spiro atoms. The molecule has 1 amide bonds. The summed E-state index contributed by atoms with van der Waals surface area (Å²) in [5.74, 6) is 0.725. The molecule has 1 saturated carbocycles. The fourth-order valence-corrected chi connectivity index (χ4v) is 3.89. The zero-order chi connectivity index (χ0) is 20.2. The number of hydrogen-bond acceptors (Lipinski definition) is 7. The van der Waals surface area contributed by atoms with E-state index < -0.39 is 0 Å². The minimum atomic E-state index is -0.0000927. The van der Waals surface area contributed by atoms with E-state index in [-0.39, 0.29) is 17.9 Å². The Morgan fingerprint density at radius 1 is 1.24 bits per heavy atom. The van der Waals surface area contributed by atoms with Crippen molar-refractivity contribution in [2.24, 2.45) is 5.92 Å². The van der Waals surface area contributed by atoms with Gasteiger partial charge in [-0.25, -0.2) is 4.98 Å². The second kappa shape index (κ2) is 8.86. The summed E-state index contributed by atoms with van der Waals surface area (Å²) in [4.78, 5) is 22.3. The molecule has 0 radical (unpaired) electrons. The monoisotopic (exact) mass is 413 g/mol. The molecule has 1 aliphatic carbocycles. The molecule has 1 aliphatic rings. The summed E-state index contributed by atoms with van der Waals surface area (Å²) in [5.41, 5.74) is 4.11. The summed E-state index contributed by atoms with van der Waals surface area (Å²) in [6, 6.07) is 7.59. The molecular formula is C21H23N3O4S. The normalized spacial score (nSPS) is 18.4. The van der Waals surface area contributed by atoms with Crippen molar-refractivity contribution in [1.82, 2.24) is 9.97 Å².